The van der Waals surface area contributed by atoms with Crippen LogP contribution in [0.15, 0.2) is 29.2 Å². The molecule has 1 aromatic rings. The lowest BCUT2D eigenvalue weighted by atomic mass is 10.2. The molecule has 0 spiro atoms. The van der Waals surface area contributed by atoms with Gasteiger partial charge in [0.25, 0.3) is 0 Å². The number of nitrogens with zero attached hydrogens (tertiary/aromatic N) is 1. The van der Waals surface area contributed by atoms with Gasteiger partial charge in [0.2, 0.25) is 10.0 Å². The molecule has 7 heteroatoms. The molecule has 0 atom stereocenters. The number of nitriles is 1. The normalized spacial score (nSPS) is 11.2. The predicted octanol–water partition coefficient (Wildman–Crippen LogP) is 0.267. The highest BCUT2D eigenvalue weighted by atomic mass is 32.2. The molecule has 0 aliphatic rings. The van der Waals surface area contributed by atoms with E-state index in [-0.39, 0.29) is 11.3 Å². The maximum atomic E-state index is 12.0. The highest BCUT2D eigenvalue weighted by molar-refractivity contribution is 7.89. The van der Waals surface area contributed by atoms with E-state index in [0.717, 1.165) is 5.56 Å². The highest BCUT2D eigenvalue weighted by Gasteiger charge is 2.12. The maximum Gasteiger partial charge on any atom is 0.240 e. The first kappa shape index (κ1) is 16.6. The van der Waals surface area contributed by atoms with E-state index in [0.29, 0.717) is 26.2 Å². The number of nitrogens with one attached hydrogen (secondary N) is 2. The zero-order chi connectivity index (χ0) is 14.8. The summed E-state index contributed by atoms with van der Waals surface area (Å²) in [6, 6.07) is 8.33. The zero-order valence-electron chi connectivity index (χ0n) is 11.4. The molecule has 0 aliphatic heterocycles. The summed E-state index contributed by atoms with van der Waals surface area (Å²) in [6.07, 6.45) is 0.275. The minimum atomic E-state index is -3.49. The molecule has 2 N–H and O–H groups in total. The van der Waals surface area contributed by atoms with Crippen molar-refractivity contribution in [2.24, 2.45) is 0 Å². The van der Waals surface area contributed by atoms with Gasteiger partial charge in [-0.25, -0.2) is 13.1 Å². The fourth-order valence-electron chi connectivity index (χ4n) is 1.53. The summed E-state index contributed by atoms with van der Waals surface area (Å²) < 4.78 is 31.3. The molecule has 20 heavy (non-hydrogen) atoms. The van der Waals surface area contributed by atoms with Gasteiger partial charge in [-0.1, -0.05) is 12.1 Å². The summed E-state index contributed by atoms with van der Waals surface area (Å²) in [5.41, 5.74) is 0.799. The number of rotatable bonds is 9. The van der Waals surface area contributed by atoms with Crippen molar-refractivity contribution in [3.8, 4) is 6.07 Å². The Hall–Kier alpha value is -1.46. The Balaban J connectivity index is 2.46. The van der Waals surface area contributed by atoms with E-state index in [4.69, 9.17) is 10.00 Å². The van der Waals surface area contributed by atoms with Gasteiger partial charge in [-0.3, -0.25) is 0 Å². The summed E-state index contributed by atoms with van der Waals surface area (Å²) in [6.45, 7) is 2.12. The molecule has 0 saturated heterocycles. The maximum absolute atomic E-state index is 12.0. The van der Waals surface area contributed by atoms with Crippen LogP contribution < -0.4 is 10.0 Å². The van der Waals surface area contributed by atoms with Crippen molar-refractivity contribution in [1.29, 1.82) is 5.26 Å². The molecule has 0 heterocycles. The summed E-state index contributed by atoms with van der Waals surface area (Å²) in [5, 5.41) is 11.6. The van der Waals surface area contributed by atoms with E-state index in [1.54, 1.807) is 19.2 Å². The molecular weight excluding hydrogens is 278 g/mol. The molecule has 0 unspecified atom stereocenters. The van der Waals surface area contributed by atoms with E-state index in [2.05, 4.69) is 10.0 Å². The smallest absolute Gasteiger partial charge is 0.240 e. The predicted molar refractivity (Wildman–Crippen MR) is 75.7 cm³/mol. The Morgan fingerprint density at radius 2 is 1.90 bits per heavy atom. The molecule has 1 rings (SSSR count). The van der Waals surface area contributed by atoms with Gasteiger partial charge in [0.15, 0.2) is 0 Å². The summed E-state index contributed by atoms with van der Waals surface area (Å²) in [4.78, 5) is 0.205. The lowest BCUT2D eigenvalue weighted by Crippen LogP contribution is -2.33. The second-order valence-corrected chi connectivity index (χ2v) is 5.89. The van der Waals surface area contributed by atoms with Crippen LogP contribution in [0.1, 0.15) is 5.56 Å². The van der Waals surface area contributed by atoms with Gasteiger partial charge in [0.1, 0.15) is 0 Å². The van der Waals surface area contributed by atoms with Crippen molar-refractivity contribution >= 4 is 10.0 Å². The Labute approximate surface area is 119 Å². The minimum absolute atomic E-state index is 0.205. The average Bonchev–Trinajstić information content (AvgIpc) is 2.44. The summed E-state index contributed by atoms with van der Waals surface area (Å²) in [5.74, 6) is 0. The third-order valence-electron chi connectivity index (χ3n) is 2.59. The topological polar surface area (TPSA) is 91.2 Å². The van der Waals surface area contributed by atoms with Crippen molar-refractivity contribution in [2.45, 2.75) is 11.3 Å². The van der Waals surface area contributed by atoms with Crippen LogP contribution in [-0.4, -0.2) is 41.8 Å². The molecule has 1 aromatic carbocycles. The molecule has 0 bridgehead atoms. The first-order valence-corrected chi connectivity index (χ1v) is 7.73. The molecule has 110 valence electrons. The van der Waals surface area contributed by atoms with Gasteiger partial charge in [-0.15, -0.1) is 0 Å². The number of hydrogen-bond donors (Lipinski definition) is 2. The third kappa shape index (κ3) is 5.67. The molecule has 6 nitrogen and oxygen atoms in total. The Morgan fingerprint density at radius 1 is 1.20 bits per heavy atom. The van der Waals surface area contributed by atoms with Gasteiger partial charge in [0, 0.05) is 26.7 Å². The van der Waals surface area contributed by atoms with Crippen molar-refractivity contribution in [2.75, 3.05) is 33.4 Å². The second kappa shape index (κ2) is 8.66. The van der Waals surface area contributed by atoms with Gasteiger partial charge < -0.3 is 10.1 Å². The van der Waals surface area contributed by atoms with Crippen LogP contribution in [0.3, 0.4) is 0 Å². The van der Waals surface area contributed by atoms with Gasteiger partial charge in [0.05, 0.1) is 24.0 Å². The quantitative estimate of drug-likeness (QED) is 0.638. The fraction of sp³-hybridized carbons (Fsp3) is 0.462. The zero-order valence-corrected chi connectivity index (χ0v) is 12.2. The van der Waals surface area contributed by atoms with Crippen LogP contribution >= 0.6 is 0 Å². The number of hydrogen-bond acceptors (Lipinski definition) is 5. The molecule has 0 radical (unpaired) electrons. The first-order valence-electron chi connectivity index (χ1n) is 6.25. The van der Waals surface area contributed by atoms with E-state index < -0.39 is 10.0 Å². The third-order valence-corrected chi connectivity index (χ3v) is 4.07. The number of ether oxygens (including phenoxy) is 1. The Bertz CT molecular complexity index is 535. The largest absolute Gasteiger partial charge is 0.383 e. The van der Waals surface area contributed by atoms with E-state index in [1.165, 1.54) is 12.1 Å². The van der Waals surface area contributed by atoms with E-state index in [1.807, 2.05) is 6.07 Å². The van der Waals surface area contributed by atoms with Crippen LogP contribution in [0, 0.1) is 11.3 Å². The van der Waals surface area contributed by atoms with Gasteiger partial charge >= 0.3 is 0 Å². The summed E-state index contributed by atoms with van der Waals surface area (Å²) in [7, 11) is -1.88. The number of benzene rings is 1. The van der Waals surface area contributed by atoms with Crippen LogP contribution in [0.5, 0.6) is 0 Å². The van der Waals surface area contributed by atoms with Crippen molar-refractivity contribution < 1.29 is 13.2 Å². The highest BCUT2D eigenvalue weighted by Crippen LogP contribution is 2.10. The first-order chi connectivity index (χ1) is 9.60. The molecular formula is C13H19N3O3S. The molecule has 0 fully saturated rings. The molecule has 0 aromatic heterocycles. The fourth-order valence-corrected chi connectivity index (χ4v) is 2.57. The van der Waals surface area contributed by atoms with Crippen molar-refractivity contribution in [3.63, 3.8) is 0 Å². The van der Waals surface area contributed by atoms with Crippen LogP contribution in [0.2, 0.25) is 0 Å². The van der Waals surface area contributed by atoms with Gasteiger partial charge in [-0.05, 0) is 17.7 Å². The minimum Gasteiger partial charge on any atom is -0.383 e. The monoisotopic (exact) mass is 297 g/mol. The second-order valence-electron chi connectivity index (χ2n) is 4.12. The lowest BCUT2D eigenvalue weighted by Gasteiger charge is -2.08. The van der Waals surface area contributed by atoms with Crippen molar-refractivity contribution in [1.82, 2.24) is 10.0 Å². The van der Waals surface area contributed by atoms with E-state index >= 15 is 0 Å². The Kier molecular flexibility index (Phi) is 7.18. The van der Waals surface area contributed by atoms with Crippen LogP contribution in [0.25, 0.3) is 0 Å². The lowest BCUT2D eigenvalue weighted by molar-refractivity contribution is 0.199. The summed E-state index contributed by atoms with van der Waals surface area (Å²) >= 11 is 0. The SMILES string of the molecule is COCCNCCNS(=O)(=O)c1ccc(CC#N)cc1. The van der Waals surface area contributed by atoms with Crippen molar-refractivity contribution in [3.05, 3.63) is 29.8 Å². The standard InChI is InChI=1S/C13H19N3O3S/c1-19-11-10-15-8-9-16-20(17,18)13-4-2-12(3-5-13)6-7-14/h2-5,15-16H,6,8-11H2,1H3. The van der Waals surface area contributed by atoms with Crippen LogP contribution in [-0.2, 0) is 21.2 Å². The van der Waals surface area contributed by atoms with E-state index in [9.17, 15) is 8.42 Å². The van der Waals surface area contributed by atoms with Gasteiger partial charge in [-0.2, -0.15) is 5.26 Å². The average molecular weight is 297 g/mol. The number of methoxy groups -OCH3 is 1. The number of sulfonamides is 1. The Morgan fingerprint density at radius 3 is 2.50 bits per heavy atom. The molecule has 0 amide bonds. The molecule has 0 saturated carbocycles. The van der Waals surface area contributed by atoms with Crippen LogP contribution in [0.4, 0.5) is 0 Å². The molecule has 0 aliphatic carbocycles.